The summed E-state index contributed by atoms with van der Waals surface area (Å²) in [6, 6.07) is 18.7. The molecule has 0 aliphatic heterocycles. The van der Waals surface area contributed by atoms with Crippen LogP contribution in [0.3, 0.4) is 0 Å². The Kier molecular flexibility index (Phi) is 8.56. The van der Waals surface area contributed by atoms with Gasteiger partial charge in [-0.05, 0) is 143 Å². The first-order chi connectivity index (χ1) is 21.7. The normalized spacial score (nSPS) is 40.8. The Morgan fingerprint density at radius 2 is 1.28 bits per heavy atom. The molecule has 0 bridgehead atoms. The molecule has 2 nitrogen and oxygen atoms in total. The number of nitrogens with zero attached hydrogens (tertiary/aromatic N) is 1. The molecule has 4 aliphatic carbocycles. The fourth-order valence-corrected chi connectivity index (χ4v) is 12.8. The molecule has 0 saturated heterocycles. The maximum atomic E-state index is 9.14. The molecule has 4 fully saturated rings. The van der Waals surface area contributed by atoms with E-state index in [2.05, 4.69) is 92.6 Å². The molecule has 6 rings (SSSR count). The van der Waals surface area contributed by atoms with Crippen LogP contribution in [-0.2, 0) is 0 Å². The summed E-state index contributed by atoms with van der Waals surface area (Å²) in [5.74, 6) is 3.53. The van der Waals surface area contributed by atoms with Crippen molar-refractivity contribution >= 4 is 0 Å². The van der Waals surface area contributed by atoms with Crippen LogP contribution in [0.1, 0.15) is 145 Å². The van der Waals surface area contributed by atoms with Gasteiger partial charge in [0.2, 0.25) is 0 Å². The molecule has 1 unspecified atom stereocenters. The number of rotatable bonds is 8. The van der Waals surface area contributed by atoms with Gasteiger partial charge in [0.15, 0.2) is 0 Å². The number of hydrogen-bond acceptors (Lipinski definition) is 2. The lowest BCUT2D eigenvalue weighted by Gasteiger charge is -2.77. The Labute approximate surface area is 282 Å². The fraction of sp³-hybridized carbons (Fsp3) is 0.705. The highest BCUT2D eigenvalue weighted by atomic mass is 16.5. The second-order valence-electron chi connectivity index (χ2n) is 18.4. The number of nitriles is 1. The van der Waals surface area contributed by atoms with Crippen LogP contribution < -0.4 is 4.74 Å². The highest BCUT2D eigenvalue weighted by Gasteiger charge is 2.76. The monoisotopic (exact) mass is 621 g/mol. The zero-order valence-corrected chi connectivity index (χ0v) is 30.8. The van der Waals surface area contributed by atoms with Crippen molar-refractivity contribution in [2.45, 2.75) is 145 Å². The third-order valence-electron chi connectivity index (χ3n) is 16.6. The number of benzene rings is 2. The van der Waals surface area contributed by atoms with Gasteiger partial charge in [0.05, 0.1) is 17.7 Å². The van der Waals surface area contributed by atoms with Gasteiger partial charge in [0, 0.05) is 0 Å². The van der Waals surface area contributed by atoms with Gasteiger partial charge in [0.1, 0.15) is 5.75 Å². The van der Waals surface area contributed by atoms with Crippen LogP contribution >= 0.6 is 0 Å². The van der Waals surface area contributed by atoms with Gasteiger partial charge in [-0.2, -0.15) is 5.26 Å². The first kappa shape index (κ1) is 33.6. The molecule has 2 aromatic carbocycles. The SMILES string of the molecule is CC(C)CCC[C@@H](C)C1CC[C@@]2(C)[C@]3(C)CC[C@@]4(C)C[C@@H](Oc5ccc(-c6ccc(C#N)cc6)cc5)CC[C@]4(C)[C@@]3(C)CC[C@]12C. The zero-order chi connectivity index (χ0) is 33.2. The van der Waals surface area contributed by atoms with Gasteiger partial charge >= 0.3 is 0 Å². The maximum absolute atomic E-state index is 9.14. The summed E-state index contributed by atoms with van der Waals surface area (Å²) in [4.78, 5) is 0. The molecule has 250 valence electrons. The van der Waals surface area contributed by atoms with E-state index >= 15 is 0 Å². The lowest BCUT2D eigenvalue weighted by Crippen LogP contribution is -2.70. The van der Waals surface area contributed by atoms with Crippen LogP contribution in [0.15, 0.2) is 48.5 Å². The van der Waals surface area contributed by atoms with E-state index in [9.17, 15) is 0 Å². The molecule has 4 saturated carbocycles. The molecule has 46 heavy (non-hydrogen) atoms. The standard InChI is InChI=1S/C44H63NO/c1-31(2)11-10-12-32(3)38-22-24-42(7)40(38,5)26-28-43(8)41(6)23-21-37(29-39(41,4)25-27-44(42,43)9)46-36-19-17-35(18-20-36)34-15-13-33(30-45)14-16-34/h13-20,31-32,37-38H,10-12,21-29H2,1-9H3/t32-,37+,38?,39+,40-,41+,42-,43-,44+/m1/s1. The molecule has 9 atom stereocenters. The Morgan fingerprint density at radius 1 is 0.696 bits per heavy atom. The van der Waals surface area contributed by atoms with Gasteiger partial charge in [0.25, 0.3) is 0 Å². The van der Waals surface area contributed by atoms with Gasteiger partial charge in [-0.1, -0.05) is 106 Å². The van der Waals surface area contributed by atoms with Gasteiger partial charge in [-0.25, -0.2) is 0 Å². The van der Waals surface area contributed by atoms with Crippen LogP contribution in [0, 0.1) is 61.6 Å². The van der Waals surface area contributed by atoms with Crippen molar-refractivity contribution < 1.29 is 4.74 Å². The minimum absolute atomic E-state index is 0.277. The van der Waals surface area contributed by atoms with Crippen molar-refractivity contribution in [3.05, 3.63) is 54.1 Å². The zero-order valence-electron chi connectivity index (χ0n) is 30.8. The van der Waals surface area contributed by atoms with Crippen LogP contribution in [0.5, 0.6) is 5.75 Å². The molecule has 2 aromatic rings. The second-order valence-corrected chi connectivity index (χ2v) is 18.4. The van der Waals surface area contributed by atoms with E-state index < -0.39 is 0 Å². The largest absolute Gasteiger partial charge is 0.490 e. The number of fused-ring (bicyclic) bond motifs is 5. The predicted octanol–water partition coefficient (Wildman–Crippen LogP) is 12.7. The summed E-state index contributed by atoms with van der Waals surface area (Å²) in [6.45, 7) is 23.8. The van der Waals surface area contributed by atoms with E-state index in [0.29, 0.717) is 38.1 Å². The van der Waals surface area contributed by atoms with Crippen LogP contribution in [0.4, 0.5) is 0 Å². The molecule has 0 aromatic heterocycles. The summed E-state index contributed by atoms with van der Waals surface area (Å²) < 4.78 is 6.79. The minimum atomic E-state index is 0.277. The first-order valence-corrected chi connectivity index (χ1v) is 18.9. The molecule has 0 spiro atoms. The topological polar surface area (TPSA) is 33.0 Å². The van der Waals surface area contributed by atoms with Gasteiger partial charge in [-0.3, -0.25) is 0 Å². The van der Waals surface area contributed by atoms with Crippen LogP contribution in [-0.4, -0.2) is 6.10 Å². The summed E-state index contributed by atoms with van der Waals surface area (Å²) in [6.07, 6.45) is 16.4. The van der Waals surface area contributed by atoms with Crippen LogP contribution in [0.25, 0.3) is 11.1 Å². The molecule has 0 N–H and O–H groups in total. The smallest absolute Gasteiger partial charge is 0.119 e. The average Bonchev–Trinajstić information content (AvgIpc) is 3.32. The Bertz CT molecular complexity index is 1440. The van der Waals surface area contributed by atoms with Gasteiger partial charge < -0.3 is 4.74 Å². The molecule has 0 heterocycles. The van der Waals surface area contributed by atoms with E-state index in [1.165, 1.54) is 64.2 Å². The van der Waals surface area contributed by atoms with Gasteiger partial charge in [-0.15, -0.1) is 0 Å². The predicted molar refractivity (Wildman–Crippen MR) is 193 cm³/mol. The Morgan fingerprint density at radius 3 is 1.91 bits per heavy atom. The maximum Gasteiger partial charge on any atom is 0.119 e. The first-order valence-electron chi connectivity index (χ1n) is 18.9. The van der Waals surface area contributed by atoms with E-state index in [-0.39, 0.29) is 6.10 Å². The second kappa shape index (κ2) is 11.7. The van der Waals surface area contributed by atoms with Crippen molar-refractivity contribution in [1.29, 1.82) is 5.26 Å². The minimum Gasteiger partial charge on any atom is -0.490 e. The molecule has 2 heteroatoms. The van der Waals surface area contributed by atoms with E-state index in [4.69, 9.17) is 10.00 Å². The number of hydrogen-bond donors (Lipinski definition) is 0. The van der Waals surface area contributed by atoms with E-state index in [1.54, 1.807) is 0 Å². The summed E-state index contributed by atoms with van der Waals surface area (Å²) >= 11 is 0. The van der Waals surface area contributed by atoms with Crippen molar-refractivity contribution in [2.75, 3.05) is 0 Å². The third kappa shape index (κ3) is 4.83. The quantitative estimate of drug-likeness (QED) is 0.294. The average molecular weight is 622 g/mol. The molecule has 4 aliphatic rings. The Hall–Kier alpha value is -2.27. The summed E-state index contributed by atoms with van der Waals surface area (Å²) in [5.41, 5.74) is 5.16. The molecular weight excluding hydrogens is 558 g/mol. The summed E-state index contributed by atoms with van der Waals surface area (Å²) in [7, 11) is 0. The third-order valence-corrected chi connectivity index (χ3v) is 16.6. The molecule has 0 amide bonds. The van der Waals surface area contributed by atoms with Crippen molar-refractivity contribution in [3.8, 4) is 22.9 Å². The lowest BCUT2D eigenvalue weighted by molar-refractivity contribution is -0.290. The van der Waals surface area contributed by atoms with Crippen molar-refractivity contribution in [1.82, 2.24) is 0 Å². The highest BCUT2D eigenvalue weighted by Crippen LogP contribution is 2.84. The van der Waals surface area contributed by atoms with E-state index in [0.717, 1.165) is 47.5 Å². The van der Waals surface area contributed by atoms with Crippen molar-refractivity contribution in [2.24, 2.45) is 50.2 Å². The summed E-state index contributed by atoms with van der Waals surface area (Å²) in [5, 5.41) is 9.14. The molecule has 0 radical (unpaired) electrons. The van der Waals surface area contributed by atoms with Crippen LogP contribution in [0.2, 0.25) is 0 Å². The lowest BCUT2D eigenvalue weighted by atomic mass is 9.27. The molecular formula is C44H63NO. The highest BCUT2D eigenvalue weighted by molar-refractivity contribution is 5.65. The number of ether oxygens (including phenoxy) is 1. The fourth-order valence-electron chi connectivity index (χ4n) is 12.8. The van der Waals surface area contributed by atoms with Crippen molar-refractivity contribution in [3.63, 3.8) is 0 Å². The Balaban J connectivity index is 1.18. The van der Waals surface area contributed by atoms with E-state index in [1.807, 2.05) is 24.3 Å².